The van der Waals surface area contributed by atoms with Crippen molar-refractivity contribution in [3.8, 4) is 0 Å². The first-order chi connectivity index (χ1) is 15.8. The lowest BCUT2D eigenvalue weighted by Crippen LogP contribution is -2.51. The van der Waals surface area contributed by atoms with Crippen molar-refractivity contribution in [3.05, 3.63) is 76.6 Å². The van der Waals surface area contributed by atoms with Crippen molar-refractivity contribution in [2.24, 2.45) is 5.92 Å². The Kier molecular flexibility index (Phi) is 7.57. The molecule has 0 aromatic heterocycles. The Hall–Kier alpha value is -2.15. The summed E-state index contributed by atoms with van der Waals surface area (Å²) in [6, 6.07) is 9.97. The number of halogens is 3. The number of rotatable bonds is 5. The van der Waals surface area contributed by atoms with Gasteiger partial charge in [-0.3, -0.25) is 0 Å². The minimum Gasteiger partial charge on any atom is -0.385 e. The maximum atomic E-state index is 14.7. The van der Waals surface area contributed by atoms with E-state index in [1.807, 2.05) is 6.08 Å². The second kappa shape index (κ2) is 10.4. The summed E-state index contributed by atoms with van der Waals surface area (Å²) >= 11 is 0. The third kappa shape index (κ3) is 5.68. The molecular formula is C27H33F3N2O. The molecule has 2 unspecified atom stereocenters. The molecular weight excluding hydrogens is 425 g/mol. The van der Waals surface area contributed by atoms with E-state index in [1.165, 1.54) is 30.3 Å². The highest BCUT2D eigenvalue weighted by molar-refractivity contribution is 5.56. The number of piperazine rings is 1. The molecule has 2 aliphatic rings. The zero-order valence-electron chi connectivity index (χ0n) is 19.2. The number of hydrogen-bond acceptors (Lipinski definition) is 3. The molecule has 0 spiro atoms. The molecule has 2 aromatic carbocycles. The van der Waals surface area contributed by atoms with E-state index < -0.39 is 17.2 Å². The molecule has 178 valence electrons. The first-order valence-electron chi connectivity index (χ1n) is 11.9. The Morgan fingerprint density at radius 1 is 0.970 bits per heavy atom. The van der Waals surface area contributed by atoms with Gasteiger partial charge in [0.15, 0.2) is 0 Å². The van der Waals surface area contributed by atoms with Crippen molar-refractivity contribution in [1.82, 2.24) is 9.80 Å². The fourth-order valence-electron chi connectivity index (χ4n) is 5.19. The molecule has 1 aliphatic carbocycles. The van der Waals surface area contributed by atoms with Gasteiger partial charge in [0.25, 0.3) is 0 Å². The van der Waals surface area contributed by atoms with Gasteiger partial charge in [-0.1, -0.05) is 30.7 Å². The topological polar surface area (TPSA) is 26.7 Å². The second-order valence-corrected chi connectivity index (χ2v) is 9.57. The summed E-state index contributed by atoms with van der Waals surface area (Å²) in [5.41, 5.74) is 0.0832. The predicted molar refractivity (Wildman–Crippen MR) is 125 cm³/mol. The van der Waals surface area contributed by atoms with Crippen LogP contribution < -0.4 is 0 Å². The van der Waals surface area contributed by atoms with Crippen LogP contribution in [0, 0.1) is 23.4 Å². The highest BCUT2D eigenvalue weighted by Crippen LogP contribution is 2.41. The van der Waals surface area contributed by atoms with E-state index in [9.17, 15) is 18.3 Å². The Labute approximate surface area is 194 Å². The average molecular weight is 459 g/mol. The van der Waals surface area contributed by atoms with Crippen molar-refractivity contribution in [2.45, 2.75) is 37.7 Å². The summed E-state index contributed by atoms with van der Waals surface area (Å²) in [5.74, 6) is -1.75. The zero-order valence-corrected chi connectivity index (χ0v) is 19.2. The largest absolute Gasteiger partial charge is 0.385 e. The Balaban J connectivity index is 1.72. The molecule has 0 radical (unpaired) electrons. The smallest absolute Gasteiger partial charge is 0.129 e. The van der Waals surface area contributed by atoms with Crippen molar-refractivity contribution in [3.63, 3.8) is 0 Å². The first kappa shape index (κ1) is 24.0. The monoisotopic (exact) mass is 458 g/mol. The summed E-state index contributed by atoms with van der Waals surface area (Å²) in [4.78, 5) is 4.64. The summed E-state index contributed by atoms with van der Waals surface area (Å²) in [6.45, 7) is 4.43. The Morgan fingerprint density at radius 2 is 1.64 bits per heavy atom. The van der Waals surface area contributed by atoms with Crippen molar-refractivity contribution in [2.75, 3.05) is 39.8 Å². The van der Waals surface area contributed by atoms with Crippen molar-refractivity contribution in [1.29, 1.82) is 0 Å². The number of likely N-dealkylation sites (N-methyl/N-ethyl adjacent to an activating group) is 1. The van der Waals surface area contributed by atoms with Crippen LogP contribution in [-0.2, 0) is 6.42 Å². The number of nitrogens with zero attached hydrogens (tertiary/aromatic N) is 2. The molecule has 1 heterocycles. The lowest BCUT2D eigenvalue weighted by atomic mass is 9.74. The molecule has 1 N–H and O–H groups in total. The summed E-state index contributed by atoms with van der Waals surface area (Å²) in [7, 11) is 2.10. The number of benzene rings is 2. The highest BCUT2D eigenvalue weighted by Gasteiger charge is 2.43. The molecule has 2 fully saturated rings. The van der Waals surface area contributed by atoms with E-state index in [4.69, 9.17) is 0 Å². The van der Waals surface area contributed by atoms with Crippen molar-refractivity contribution < 1.29 is 18.3 Å². The van der Waals surface area contributed by atoms with Crippen LogP contribution in [0.5, 0.6) is 0 Å². The van der Waals surface area contributed by atoms with Crippen LogP contribution >= 0.6 is 0 Å². The van der Waals surface area contributed by atoms with E-state index in [-0.39, 0.29) is 23.7 Å². The molecule has 4 rings (SSSR count). The van der Waals surface area contributed by atoms with Crippen LogP contribution in [0.15, 0.2) is 48.0 Å². The fourth-order valence-corrected chi connectivity index (χ4v) is 5.19. The standard InChI is InChI=1S/C27H33F3N2O/c1-31-13-15-32(16-14-31)19-22-6-3-2-5-21(17-20-9-11-23(28)12-10-20)27(22,33)18-24-25(29)7-4-8-26(24)30/h4,7-12,17,22,33H,2-3,5-6,13-16,18-19H2,1H3. The molecule has 2 aromatic rings. The summed E-state index contributed by atoms with van der Waals surface area (Å²) in [5, 5.41) is 12.3. The van der Waals surface area contributed by atoms with Gasteiger partial charge in [0, 0.05) is 50.6 Å². The molecule has 1 saturated heterocycles. The molecule has 1 saturated carbocycles. The van der Waals surface area contributed by atoms with Crippen LogP contribution in [0.2, 0.25) is 0 Å². The van der Waals surface area contributed by atoms with Crippen molar-refractivity contribution >= 4 is 6.08 Å². The van der Waals surface area contributed by atoms with Crippen LogP contribution in [0.4, 0.5) is 13.2 Å². The highest BCUT2D eigenvalue weighted by atomic mass is 19.1. The quantitative estimate of drug-likeness (QED) is 0.646. The normalized spacial score (nSPS) is 26.5. The lowest BCUT2D eigenvalue weighted by molar-refractivity contribution is -0.00756. The average Bonchev–Trinajstić information content (AvgIpc) is 2.93. The molecule has 2 atom stereocenters. The molecule has 0 bridgehead atoms. The van der Waals surface area contributed by atoms with Gasteiger partial charge in [0.05, 0.1) is 5.60 Å². The van der Waals surface area contributed by atoms with E-state index in [0.717, 1.165) is 56.6 Å². The molecule has 6 heteroatoms. The van der Waals surface area contributed by atoms with E-state index >= 15 is 0 Å². The van der Waals surface area contributed by atoms with Gasteiger partial charge in [-0.2, -0.15) is 0 Å². The van der Waals surface area contributed by atoms with E-state index in [0.29, 0.717) is 13.0 Å². The van der Waals surface area contributed by atoms with E-state index in [1.54, 1.807) is 12.1 Å². The maximum Gasteiger partial charge on any atom is 0.129 e. The van der Waals surface area contributed by atoms with Gasteiger partial charge >= 0.3 is 0 Å². The summed E-state index contributed by atoms with van der Waals surface area (Å²) < 4.78 is 42.8. The van der Waals surface area contributed by atoms with Gasteiger partial charge in [0.1, 0.15) is 17.5 Å². The second-order valence-electron chi connectivity index (χ2n) is 9.57. The fraction of sp³-hybridized carbons (Fsp3) is 0.481. The third-order valence-corrected chi connectivity index (χ3v) is 7.27. The van der Waals surface area contributed by atoms with Crippen LogP contribution in [0.3, 0.4) is 0 Å². The molecule has 0 amide bonds. The first-order valence-corrected chi connectivity index (χ1v) is 11.9. The number of hydrogen-bond donors (Lipinski definition) is 1. The van der Waals surface area contributed by atoms with Crippen LogP contribution in [0.25, 0.3) is 6.08 Å². The van der Waals surface area contributed by atoms with Crippen LogP contribution in [0.1, 0.15) is 36.8 Å². The molecule has 33 heavy (non-hydrogen) atoms. The van der Waals surface area contributed by atoms with Gasteiger partial charge < -0.3 is 14.9 Å². The predicted octanol–water partition coefficient (Wildman–Crippen LogP) is 4.90. The Morgan fingerprint density at radius 3 is 2.30 bits per heavy atom. The molecule has 3 nitrogen and oxygen atoms in total. The Bertz CT molecular complexity index is 950. The maximum absolute atomic E-state index is 14.7. The third-order valence-electron chi connectivity index (χ3n) is 7.27. The number of aliphatic hydroxyl groups is 1. The lowest BCUT2D eigenvalue weighted by Gasteiger charge is -2.42. The van der Waals surface area contributed by atoms with Gasteiger partial charge in [-0.05, 0) is 61.7 Å². The van der Waals surface area contributed by atoms with Gasteiger partial charge in [-0.15, -0.1) is 0 Å². The minimum absolute atomic E-state index is 0.0738. The summed E-state index contributed by atoms with van der Waals surface area (Å²) in [6.07, 6.45) is 5.05. The zero-order chi connectivity index (χ0) is 23.4. The van der Waals surface area contributed by atoms with E-state index in [2.05, 4.69) is 16.8 Å². The molecule has 1 aliphatic heterocycles. The van der Waals surface area contributed by atoms with Gasteiger partial charge in [-0.25, -0.2) is 13.2 Å². The minimum atomic E-state index is -1.39. The van der Waals surface area contributed by atoms with Gasteiger partial charge in [0.2, 0.25) is 0 Å². The SMILES string of the molecule is CN1CCN(CC2CCCCC(=Cc3ccc(F)cc3)C2(O)Cc2c(F)cccc2F)CC1. The van der Waals surface area contributed by atoms with Crippen LogP contribution in [-0.4, -0.2) is 60.3 Å².